The van der Waals surface area contributed by atoms with Gasteiger partial charge in [0.15, 0.2) is 18.9 Å². The van der Waals surface area contributed by atoms with Crippen LogP contribution in [0.2, 0.25) is 0 Å². The number of nitrogens with zero attached hydrogens (tertiary/aromatic N) is 2. The van der Waals surface area contributed by atoms with E-state index in [4.69, 9.17) is 5.11 Å². The van der Waals surface area contributed by atoms with Gasteiger partial charge in [-0.1, -0.05) is 12.1 Å². The zero-order valence-electron chi connectivity index (χ0n) is 12.7. The first-order valence-corrected chi connectivity index (χ1v) is 6.94. The Hall–Kier alpha value is -2.43. The van der Waals surface area contributed by atoms with Crippen molar-refractivity contribution in [3.8, 4) is 11.1 Å². The van der Waals surface area contributed by atoms with E-state index in [1.165, 1.54) is 0 Å². The molecule has 0 bridgehead atoms. The van der Waals surface area contributed by atoms with Crippen LogP contribution in [0.1, 0.15) is 15.9 Å². The van der Waals surface area contributed by atoms with Gasteiger partial charge in [-0.25, -0.2) is 9.36 Å². The van der Waals surface area contributed by atoms with Crippen molar-refractivity contribution in [1.29, 1.82) is 0 Å². The summed E-state index contributed by atoms with van der Waals surface area (Å²) in [6, 6.07) is 15.0. The first-order chi connectivity index (χ1) is 10.7. The third-order valence-corrected chi connectivity index (χ3v) is 3.44. The first kappa shape index (κ1) is 19.6. The van der Waals surface area contributed by atoms with Crippen LogP contribution in [0, 0.1) is 0 Å². The molecule has 0 spiro atoms. The van der Waals surface area contributed by atoms with Gasteiger partial charge in [-0.3, -0.25) is 4.98 Å². The van der Waals surface area contributed by atoms with E-state index in [2.05, 4.69) is 4.98 Å². The largest absolute Gasteiger partial charge is 1.00 e. The van der Waals surface area contributed by atoms with E-state index in [9.17, 15) is 4.79 Å². The molecular weight excluding hydrogens is 347 g/mol. The summed E-state index contributed by atoms with van der Waals surface area (Å²) in [5.74, 6) is -0.903. The summed E-state index contributed by atoms with van der Waals surface area (Å²) in [6.07, 6.45) is 7.52. The van der Waals surface area contributed by atoms with Crippen LogP contribution in [0.25, 0.3) is 11.1 Å². The fraction of sp³-hybridized carbons (Fsp3) is 0.0556. The SMILES string of the molecule is Cl.O=C(O)c1cccc(C[n+]2ccc(-c3ccncc3)cc2)c1.[Cl-]. The zero-order chi connectivity index (χ0) is 15.4. The van der Waals surface area contributed by atoms with E-state index in [0.717, 1.165) is 16.7 Å². The molecule has 0 unspecified atom stereocenters. The topological polar surface area (TPSA) is 54.1 Å². The van der Waals surface area contributed by atoms with Gasteiger partial charge in [-0.15, -0.1) is 12.4 Å². The summed E-state index contributed by atoms with van der Waals surface area (Å²) in [5.41, 5.74) is 3.51. The molecule has 2 heterocycles. The van der Waals surface area contributed by atoms with Crippen LogP contribution in [-0.2, 0) is 6.54 Å². The number of aromatic nitrogens is 2. The highest BCUT2D eigenvalue weighted by molar-refractivity contribution is 5.87. The highest BCUT2D eigenvalue weighted by Crippen LogP contribution is 2.15. The molecule has 3 aromatic rings. The summed E-state index contributed by atoms with van der Waals surface area (Å²) < 4.78 is 2.02. The van der Waals surface area contributed by atoms with Crippen molar-refractivity contribution in [1.82, 2.24) is 4.98 Å². The second-order valence-electron chi connectivity index (χ2n) is 5.00. The minimum Gasteiger partial charge on any atom is -1.00 e. The third-order valence-electron chi connectivity index (χ3n) is 3.44. The van der Waals surface area contributed by atoms with Gasteiger partial charge in [-0.05, 0) is 35.4 Å². The molecule has 0 fully saturated rings. The van der Waals surface area contributed by atoms with Crippen LogP contribution < -0.4 is 17.0 Å². The number of benzene rings is 1. The minimum atomic E-state index is -0.903. The average molecular weight is 363 g/mol. The summed E-state index contributed by atoms with van der Waals surface area (Å²) in [7, 11) is 0. The van der Waals surface area contributed by atoms with Gasteiger partial charge >= 0.3 is 5.97 Å². The number of carbonyl (C=O) groups is 1. The number of halogens is 2. The third kappa shape index (κ3) is 4.78. The Bertz CT molecular complexity index is 794. The molecule has 1 N–H and O–H groups in total. The van der Waals surface area contributed by atoms with Crippen molar-refractivity contribution in [2.45, 2.75) is 6.54 Å². The number of pyridine rings is 2. The highest BCUT2D eigenvalue weighted by Gasteiger charge is 2.07. The molecule has 124 valence electrons. The van der Waals surface area contributed by atoms with E-state index in [1.807, 2.05) is 47.3 Å². The normalized spacial score (nSPS) is 9.50. The smallest absolute Gasteiger partial charge is 0.335 e. The molecule has 0 amide bonds. The fourth-order valence-corrected chi connectivity index (χ4v) is 2.31. The van der Waals surface area contributed by atoms with E-state index in [0.29, 0.717) is 12.1 Å². The molecule has 0 atom stereocenters. The number of aromatic carboxylic acids is 1. The summed E-state index contributed by atoms with van der Waals surface area (Å²) in [6.45, 7) is 0.637. The Morgan fingerprint density at radius 1 is 1.00 bits per heavy atom. The second-order valence-corrected chi connectivity index (χ2v) is 5.00. The zero-order valence-corrected chi connectivity index (χ0v) is 14.2. The quantitative estimate of drug-likeness (QED) is 0.675. The van der Waals surface area contributed by atoms with Gasteiger partial charge in [0.05, 0.1) is 5.56 Å². The number of carboxylic acids is 1. The van der Waals surface area contributed by atoms with Gasteiger partial charge in [0, 0.05) is 30.1 Å². The maximum absolute atomic E-state index is 11.0. The van der Waals surface area contributed by atoms with Crippen molar-refractivity contribution in [3.05, 3.63) is 84.4 Å². The second kappa shape index (κ2) is 9.01. The van der Waals surface area contributed by atoms with Crippen LogP contribution >= 0.6 is 12.4 Å². The van der Waals surface area contributed by atoms with Crippen molar-refractivity contribution in [3.63, 3.8) is 0 Å². The predicted octanol–water partition coefficient (Wildman–Crippen LogP) is 0.208. The van der Waals surface area contributed by atoms with Gasteiger partial charge < -0.3 is 17.5 Å². The number of hydrogen-bond acceptors (Lipinski definition) is 2. The van der Waals surface area contributed by atoms with Crippen molar-refractivity contribution in [2.75, 3.05) is 0 Å². The van der Waals surface area contributed by atoms with Gasteiger partial charge in [0.2, 0.25) is 0 Å². The first-order valence-electron chi connectivity index (χ1n) is 6.94. The Kier molecular flexibility index (Phi) is 7.36. The van der Waals surface area contributed by atoms with Crippen molar-refractivity contribution >= 4 is 18.4 Å². The Balaban J connectivity index is 0.00000144. The maximum Gasteiger partial charge on any atom is 0.335 e. The molecule has 0 saturated heterocycles. The number of rotatable bonds is 4. The van der Waals surface area contributed by atoms with E-state index < -0.39 is 5.97 Å². The Morgan fingerprint density at radius 3 is 2.25 bits per heavy atom. The van der Waals surface area contributed by atoms with Crippen molar-refractivity contribution in [2.24, 2.45) is 0 Å². The molecule has 0 aliphatic carbocycles. The molecule has 0 aliphatic rings. The van der Waals surface area contributed by atoms with Gasteiger partial charge in [0.25, 0.3) is 0 Å². The van der Waals surface area contributed by atoms with Gasteiger partial charge in [-0.2, -0.15) is 0 Å². The molecule has 6 heteroatoms. The molecule has 0 radical (unpaired) electrons. The lowest BCUT2D eigenvalue weighted by atomic mass is 10.1. The minimum absolute atomic E-state index is 0. The summed E-state index contributed by atoms with van der Waals surface area (Å²) >= 11 is 0. The molecule has 0 saturated carbocycles. The van der Waals surface area contributed by atoms with Crippen LogP contribution in [0.5, 0.6) is 0 Å². The van der Waals surface area contributed by atoms with E-state index in [1.54, 1.807) is 30.6 Å². The highest BCUT2D eigenvalue weighted by atomic mass is 35.5. The molecule has 1 aromatic carbocycles. The average Bonchev–Trinajstić information content (AvgIpc) is 2.56. The lowest BCUT2D eigenvalue weighted by molar-refractivity contribution is -0.688. The molecule has 2 aromatic heterocycles. The van der Waals surface area contributed by atoms with Crippen LogP contribution in [0.4, 0.5) is 0 Å². The fourth-order valence-electron chi connectivity index (χ4n) is 2.31. The van der Waals surface area contributed by atoms with Gasteiger partial charge in [0.1, 0.15) is 0 Å². The number of carboxylic acid groups (broad SMARTS) is 1. The van der Waals surface area contributed by atoms with Crippen LogP contribution in [-0.4, -0.2) is 16.1 Å². The summed E-state index contributed by atoms with van der Waals surface area (Å²) in [5, 5.41) is 9.03. The lowest BCUT2D eigenvalue weighted by Crippen LogP contribution is -3.00. The maximum atomic E-state index is 11.0. The standard InChI is InChI=1S/C18H14N2O2.2ClH/c21-18(22)17-3-1-2-14(12-17)13-20-10-6-16(7-11-20)15-4-8-19-9-5-15;;/h1-12H,13H2;2*1H. The van der Waals surface area contributed by atoms with Crippen LogP contribution in [0.15, 0.2) is 73.3 Å². The molecule has 0 aliphatic heterocycles. The van der Waals surface area contributed by atoms with Crippen molar-refractivity contribution < 1.29 is 26.9 Å². The van der Waals surface area contributed by atoms with E-state index in [-0.39, 0.29) is 24.8 Å². The molecule has 24 heavy (non-hydrogen) atoms. The Morgan fingerprint density at radius 2 is 1.62 bits per heavy atom. The molecule has 3 rings (SSSR count). The number of hydrogen-bond donors (Lipinski definition) is 1. The van der Waals surface area contributed by atoms with E-state index >= 15 is 0 Å². The van der Waals surface area contributed by atoms with Crippen LogP contribution in [0.3, 0.4) is 0 Å². The molecular formula is C18H16Cl2N2O2. The lowest BCUT2D eigenvalue weighted by Gasteiger charge is -2.02. The summed E-state index contributed by atoms with van der Waals surface area (Å²) in [4.78, 5) is 15.0. The Labute approximate surface area is 152 Å². The monoisotopic (exact) mass is 362 g/mol. The molecule has 4 nitrogen and oxygen atoms in total. The predicted molar refractivity (Wildman–Crippen MR) is 89.6 cm³/mol.